The first kappa shape index (κ1) is 9.98. The molecule has 1 unspecified atom stereocenters. The van der Waals surface area contributed by atoms with Crippen LogP contribution in [0.1, 0.15) is 11.6 Å². The summed E-state index contributed by atoms with van der Waals surface area (Å²) >= 11 is 3.18. The summed E-state index contributed by atoms with van der Waals surface area (Å²) in [6.07, 6.45) is 1.56. The molecule has 5 nitrogen and oxygen atoms in total. The van der Waals surface area contributed by atoms with E-state index >= 15 is 0 Å². The molecular weight excluding hydrogens is 236 g/mol. The molecule has 6 heteroatoms. The molecule has 1 rings (SSSR count). The molecule has 0 fully saturated rings. The van der Waals surface area contributed by atoms with Gasteiger partial charge in [0, 0.05) is 11.1 Å². The number of hydrogen-bond donors (Lipinski definition) is 1. The third-order valence-electron chi connectivity index (χ3n) is 1.50. The third-order valence-corrected chi connectivity index (χ3v) is 1.97. The zero-order chi connectivity index (χ0) is 9.68. The minimum atomic E-state index is -0.550. The third kappa shape index (κ3) is 2.69. The monoisotopic (exact) mass is 242 g/mol. The normalized spacial score (nSPS) is 11.8. The van der Waals surface area contributed by atoms with E-state index < -0.39 is 6.04 Å². The van der Waals surface area contributed by atoms with Crippen molar-refractivity contribution in [1.82, 2.24) is 4.98 Å². The summed E-state index contributed by atoms with van der Waals surface area (Å²) in [5.41, 5.74) is 8.90. The van der Waals surface area contributed by atoms with Gasteiger partial charge in [-0.05, 0) is 33.1 Å². The highest BCUT2D eigenvalue weighted by Crippen LogP contribution is 2.17. The smallest absolute Gasteiger partial charge is 0.106 e. The van der Waals surface area contributed by atoms with E-state index in [2.05, 4.69) is 30.9 Å². The van der Waals surface area contributed by atoms with Crippen LogP contribution < -0.4 is 0 Å². The van der Waals surface area contributed by atoms with Gasteiger partial charge in [0.25, 0.3) is 0 Å². The van der Waals surface area contributed by atoms with E-state index in [0.717, 1.165) is 0 Å². The van der Waals surface area contributed by atoms with Gasteiger partial charge in [0.05, 0.1) is 12.6 Å². The summed E-state index contributed by atoms with van der Waals surface area (Å²) < 4.78 is 0.703. The molecule has 1 aromatic heterocycles. The highest BCUT2D eigenvalue weighted by molar-refractivity contribution is 9.10. The maximum atomic E-state index is 8.88. The van der Waals surface area contributed by atoms with Crippen LogP contribution in [-0.2, 0) is 0 Å². The van der Waals surface area contributed by atoms with Crippen molar-refractivity contribution in [3.05, 3.63) is 38.9 Å². The summed E-state index contributed by atoms with van der Waals surface area (Å²) in [5.74, 6) is 0. The molecule has 1 aromatic rings. The number of aromatic nitrogens is 1. The summed E-state index contributed by atoms with van der Waals surface area (Å²) in [7, 11) is 0. The van der Waals surface area contributed by atoms with Crippen molar-refractivity contribution in [3.8, 4) is 0 Å². The van der Waals surface area contributed by atoms with Gasteiger partial charge >= 0.3 is 0 Å². The molecule has 1 atom stereocenters. The van der Waals surface area contributed by atoms with Gasteiger partial charge in [-0.15, -0.1) is 0 Å². The fourth-order valence-electron chi connectivity index (χ4n) is 0.855. The topological polar surface area (TPSA) is 81.9 Å². The zero-order valence-electron chi connectivity index (χ0n) is 6.63. The van der Waals surface area contributed by atoms with Crippen LogP contribution in [0.4, 0.5) is 0 Å². The second-order valence-electron chi connectivity index (χ2n) is 2.32. The highest BCUT2D eigenvalue weighted by atomic mass is 79.9. The van der Waals surface area contributed by atoms with Crippen LogP contribution >= 0.6 is 15.9 Å². The van der Waals surface area contributed by atoms with E-state index in [9.17, 15) is 0 Å². The maximum absolute atomic E-state index is 8.88. The van der Waals surface area contributed by atoms with Crippen molar-refractivity contribution in [3.63, 3.8) is 0 Å². The van der Waals surface area contributed by atoms with Gasteiger partial charge in [-0.25, -0.2) is 4.98 Å². The maximum Gasteiger partial charge on any atom is 0.106 e. The second-order valence-corrected chi connectivity index (χ2v) is 3.13. The van der Waals surface area contributed by atoms with Crippen LogP contribution in [0, 0.1) is 0 Å². The number of rotatable bonds is 3. The zero-order valence-corrected chi connectivity index (χ0v) is 8.22. The van der Waals surface area contributed by atoms with Gasteiger partial charge in [-0.1, -0.05) is 11.2 Å². The Kier molecular flexibility index (Phi) is 3.70. The van der Waals surface area contributed by atoms with Crippen molar-refractivity contribution in [2.75, 3.05) is 6.61 Å². The van der Waals surface area contributed by atoms with Gasteiger partial charge in [-0.2, -0.15) is 0 Å². The minimum Gasteiger partial charge on any atom is -0.396 e. The first-order valence-corrected chi connectivity index (χ1v) is 4.33. The molecule has 68 valence electrons. The molecule has 0 aliphatic heterocycles. The molecule has 0 saturated carbocycles. The lowest BCUT2D eigenvalue weighted by molar-refractivity contribution is 0.267. The number of pyridine rings is 1. The van der Waals surface area contributed by atoms with Gasteiger partial charge < -0.3 is 5.11 Å². The number of nitrogens with zero attached hydrogens (tertiary/aromatic N) is 4. The number of aliphatic hydroxyl groups excluding tert-OH is 1. The van der Waals surface area contributed by atoms with E-state index in [4.69, 9.17) is 10.6 Å². The molecule has 0 saturated heterocycles. The van der Waals surface area contributed by atoms with Crippen LogP contribution in [0.15, 0.2) is 28.0 Å². The van der Waals surface area contributed by atoms with Crippen molar-refractivity contribution >= 4 is 15.9 Å². The first-order valence-electron chi connectivity index (χ1n) is 3.54. The molecule has 13 heavy (non-hydrogen) atoms. The summed E-state index contributed by atoms with van der Waals surface area (Å²) in [5, 5.41) is 12.3. The minimum absolute atomic E-state index is 0.215. The molecule has 0 aromatic carbocycles. The van der Waals surface area contributed by atoms with Crippen molar-refractivity contribution in [2.24, 2.45) is 5.11 Å². The predicted molar refractivity (Wildman–Crippen MR) is 50.9 cm³/mol. The lowest BCUT2D eigenvalue weighted by Crippen LogP contribution is -2.00. The fourth-order valence-corrected chi connectivity index (χ4v) is 1.09. The van der Waals surface area contributed by atoms with Gasteiger partial charge in [0.1, 0.15) is 4.60 Å². The number of azide groups is 1. The molecule has 0 spiro atoms. The highest BCUT2D eigenvalue weighted by Gasteiger charge is 2.07. The molecule has 0 radical (unpaired) electrons. The molecule has 0 aliphatic rings. The summed E-state index contributed by atoms with van der Waals surface area (Å²) in [4.78, 5) is 6.58. The molecule has 1 heterocycles. The predicted octanol–water partition coefficient (Wildman–Crippen LogP) is 2.19. The van der Waals surface area contributed by atoms with E-state index in [-0.39, 0.29) is 6.61 Å². The van der Waals surface area contributed by atoms with Crippen molar-refractivity contribution in [1.29, 1.82) is 0 Å². The summed E-state index contributed by atoms with van der Waals surface area (Å²) in [6.45, 7) is -0.215. The number of aliphatic hydroxyl groups is 1. The van der Waals surface area contributed by atoms with Crippen molar-refractivity contribution in [2.45, 2.75) is 6.04 Å². The second kappa shape index (κ2) is 4.81. The standard InChI is InChI=1S/C7H7BrN4O/c8-7-2-1-5(3-10-7)6(4-13)11-12-9/h1-3,6,13H,4H2. The van der Waals surface area contributed by atoms with Crippen LogP contribution in [0.25, 0.3) is 10.4 Å². The SMILES string of the molecule is [N-]=[N+]=NC(CO)c1ccc(Br)nc1. The van der Waals surface area contributed by atoms with E-state index in [1.165, 1.54) is 0 Å². The Labute approximate surface area is 83.2 Å². The van der Waals surface area contributed by atoms with Crippen LogP contribution in [0.5, 0.6) is 0 Å². The largest absolute Gasteiger partial charge is 0.396 e. The lowest BCUT2D eigenvalue weighted by Gasteiger charge is -2.06. The van der Waals surface area contributed by atoms with Crippen LogP contribution in [-0.4, -0.2) is 16.7 Å². The molecule has 0 amide bonds. The molecule has 1 N–H and O–H groups in total. The Balaban J connectivity index is 2.91. The van der Waals surface area contributed by atoms with Gasteiger partial charge in [0.15, 0.2) is 0 Å². The quantitative estimate of drug-likeness (QED) is 0.382. The number of hydrogen-bond acceptors (Lipinski definition) is 3. The van der Waals surface area contributed by atoms with E-state index in [1.54, 1.807) is 18.3 Å². The number of halogens is 1. The van der Waals surface area contributed by atoms with E-state index in [1.807, 2.05) is 0 Å². The van der Waals surface area contributed by atoms with Crippen molar-refractivity contribution < 1.29 is 5.11 Å². The van der Waals surface area contributed by atoms with Crippen LogP contribution in [0.2, 0.25) is 0 Å². The van der Waals surface area contributed by atoms with E-state index in [0.29, 0.717) is 10.2 Å². The summed E-state index contributed by atoms with van der Waals surface area (Å²) in [6, 6.07) is 2.92. The Bertz CT molecular complexity index is 320. The lowest BCUT2D eigenvalue weighted by atomic mass is 10.1. The first-order chi connectivity index (χ1) is 6.27. The average molecular weight is 243 g/mol. The average Bonchev–Trinajstić information content (AvgIpc) is 2.16. The van der Waals surface area contributed by atoms with Gasteiger partial charge in [-0.3, -0.25) is 0 Å². The Morgan fingerprint density at radius 1 is 1.69 bits per heavy atom. The molecule has 0 bridgehead atoms. The Morgan fingerprint density at radius 3 is 2.92 bits per heavy atom. The molecule has 0 aliphatic carbocycles. The Morgan fingerprint density at radius 2 is 2.46 bits per heavy atom. The van der Waals surface area contributed by atoms with Crippen LogP contribution in [0.3, 0.4) is 0 Å². The molecular formula is C7H7BrN4O. The van der Waals surface area contributed by atoms with Gasteiger partial charge in [0.2, 0.25) is 0 Å². The fraction of sp³-hybridized carbons (Fsp3) is 0.286. The Hall–Kier alpha value is -1.10.